The molecule has 0 radical (unpaired) electrons. The first-order valence-corrected chi connectivity index (χ1v) is 4.36. The number of carbonyl (C=O) groups is 1. The van der Waals surface area contributed by atoms with Crippen LogP contribution < -0.4 is 0 Å². The third-order valence-corrected chi connectivity index (χ3v) is 1.62. The van der Waals surface area contributed by atoms with Gasteiger partial charge in [0.2, 0.25) is 0 Å². The molecule has 0 spiro atoms. The van der Waals surface area contributed by atoms with Crippen molar-refractivity contribution in [2.24, 2.45) is 5.92 Å². The molecular formula is C9H21ClO3. The Morgan fingerprint density at radius 2 is 1.54 bits per heavy atom. The van der Waals surface area contributed by atoms with E-state index in [0.29, 0.717) is 0 Å². The van der Waals surface area contributed by atoms with Gasteiger partial charge in [-0.2, -0.15) is 0 Å². The summed E-state index contributed by atoms with van der Waals surface area (Å²) < 4.78 is 0. The average molecular weight is 213 g/mol. The average Bonchev–Trinajstić information content (AvgIpc) is 2.04. The number of rotatable bonds is 3. The predicted octanol–water partition coefficient (Wildman–Crippen LogP) is 2.32. The number of aliphatic hydroxyl groups is 1. The molecule has 0 aliphatic carbocycles. The molecular weight excluding hydrogens is 192 g/mol. The van der Waals surface area contributed by atoms with E-state index in [1.54, 1.807) is 13.8 Å². The number of aliphatic carboxylic acids is 1. The Labute approximate surface area is 86.6 Å². The second-order valence-corrected chi connectivity index (χ2v) is 2.90. The summed E-state index contributed by atoms with van der Waals surface area (Å²) in [7, 11) is 0. The van der Waals surface area contributed by atoms with Crippen LogP contribution in [-0.4, -0.2) is 22.3 Å². The fraction of sp³-hybridized carbons (Fsp3) is 0.889. The molecule has 0 aromatic heterocycles. The topological polar surface area (TPSA) is 57.5 Å². The van der Waals surface area contributed by atoms with Crippen molar-refractivity contribution >= 4 is 18.4 Å². The van der Waals surface area contributed by atoms with Crippen molar-refractivity contribution in [2.45, 2.75) is 46.6 Å². The highest BCUT2D eigenvalue weighted by Gasteiger charge is 2.05. The number of carboxylic acids is 1. The van der Waals surface area contributed by atoms with Crippen LogP contribution in [0, 0.1) is 5.92 Å². The first-order chi connectivity index (χ1) is 5.45. The smallest absolute Gasteiger partial charge is 0.306 e. The maximum absolute atomic E-state index is 9.93. The van der Waals surface area contributed by atoms with Gasteiger partial charge in [0.25, 0.3) is 0 Å². The Hall–Kier alpha value is -0.280. The minimum absolute atomic E-state index is 0. The highest BCUT2D eigenvalue weighted by molar-refractivity contribution is 5.85. The summed E-state index contributed by atoms with van der Waals surface area (Å²) in [4.78, 5) is 9.93. The summed E-state index contributed by atoms with van der Waals surface area (Å²) in [6, 6.07) is 0. The monoisotopic (exact) mass is 212 g/mol. The minimum Gasteiger partial charge on any atom is -0.481 e. The molecule has 13 heavy (non-hydrogen) atoms. The molecule has 82 valence electrons. The van der Waals surface area contributed by atoms with Crippen molar-refractivity contribution in [3.8, 4) is 0 Å². The van der Waals surface area contributed by atoms with Crippen LogP contribution in [0.3, 0.4) is 0 Å². The molecule has 2 unspecified atom stereocenters. The summed E-state index contributed by atoms with van der Waals surface area (Å²) >= 11 is 0. The van der Waals surface area contributed by atoms with Gasteiger partial charge in [0, 0.05) is 0 Å². The lowest BCUT2D eigenvalue weighted by Crippen LogP contribution is -2.06. The molecule has 0 heterocycles. The van der Waals surface area contributed by atoms with Gasteiger partial charge in [-0.1, -0.05) is 20.8 Å². The van der Waals surface area contributed by atoms with Crippen molar-refractivity contribution < 1.29 is 15.0 Å². The third kappa shape index (κ3) is 18.6. The molecule has 0 bridgehead atoms. The van der Waals surface area contributed by atoms with Crippen LogP contribution in [0.1, 0.15) is 40.5 Å². The Bertz CT molecular complexity index is 115. The molecule has 3 nitrogen and oxygen atoms in total. The molecule has 0 amide bonds. The Balaban J connectivity index is -0.000000150. The zero-order valence-electron chi connectivity index (χ0n) is 8.78. The number of carboxylic acid groups (broad SMARTS) is 1. The van der Waals surface area contributed by atoms with E-state index in [2.05, 4.69) is 0 Å². The van der Waals surface area contributed by atoms with E-state index < -0.39 is 5.97 Å². The number of hydrogen-bond acceptors (Lipinski definition) is 2. The van der Waals surface area contributed by atoms with Gasteiger partial charge < -0.3 is 10.2 Å². The van der Waals surface area contributed by atoms with Crippen molar-refractivity contribution in [1.29, 1.82) is 0 Å². The molecule has 0 rings (SSSR count). The zero-order chi connectivity index (χ0) is 10.1. The molecule has 0 saturated carbocycles. The van der Waals surface area contributed by atoms with Crippen molar-refractivity contribution in [2.75, 3.05) is 0 Å². The van der Waals surface area contributed by atoms with Crippen LogP contribution >= 0.6 is 12.4 Å². The summed E-state index contributed by atoms with van der Waals surface area (Å²) in [6.45, 7) is 7.28. The quantitative estimate of drug-likeness (QED) is 0.755. The summed E-state index contributed by atoms with van der Waals surface area (Å²) in [5, 5.41) is 16.5. The lowest BCUT2D eigenvalue weighted by molar-refractivity contribution is -0.141. The lowest BCUT2D eigenvalue weighted by Gasteiger charge is -1.96. The van der Waals surface area contributed by atoms with Crippen LogP contribution in [-0.2, 0) is 4.79 Å². The predicted molar refractivity (Wildman–Crippen MR) is 56.3 cm³/mol. The molecule has 0 aliphatic rings. The molecule has 0 aliphatic heterocycles. The van der Waals surface area contributed by atoms with E-state index in [1.165, 1.54) is 0 Å². The maximum Gasteiger partial charge on any atom is 0.306 e. The first kappa shape index (κ1) is 18.5. The van der Waals surface area contributed by atoms with E-state index in [0.717, 1.165) is 12.8 Å². The van der Waals surface area contributed by atoms with Gasteiger partial charge in [0.05, 0.1) is 12.0 Å². The standard InChI is InChI=1S/C5H10O2.C4H10O.ClH/c1-3-4(2)5(6)7;1-3-4(2)5;/h4H,3H2,1-2H3,(H,6,7);4-5H,3H2,1-2H3;1H. The molecule has 2 atom stereocenters. The first-order valence-electron chi connectivity index (χ1n) is 4.36. The Morgan fingerprint density at radius 1 is 1.23 bits per heavy atom. The van der Waals surface area contributed by atoms with Gasteiger partial charge in [-0.05, 0) is 19.8 Å². The third-order valence-electron chi connectivity index (χ3n) is 1.62. The second-order valence-electron chi connectivity index (χ2n) is 2.90. The molecule has 2 N–H and O–H groups in total. The second kappa shape index (κ2) is 11.7. The highest BCUT2D eigenvalue weighted by atomic mass is 35.5. The number of aliphatic hydroxyl groups excluding tert-OH is 1. The molecule has 0 aromatic carbocycles. The van der Waals surface area contributed by atoms with E-state index in [9.17, 15) is 4.79 Å². The van der Waals surface area contributed by atoms with Crippen LogP contribution in [0.15, 0.2) is 0 Å². The largest absolute Gasteiger partial charge is 0.481 e. The zero-order valence-corrected chi connectivity index (χ0v) is 9.60. The molecule has 0 fully saturated rings. The molecule has 0 aromatic rings. The summed E-state index contributed by atoms with van der Waals surface area (Å²) in [6.07, 6.45) is 1.46. The minimum atomic E-state index is -0.706. The van der Waals surface area contributed by atoms with Crippen LogP contribution in [0.4, 0.5) is 0 Å². The number of hydrogen-bond donors (Lipinski definition) is 2. The van der Waals surface area contributed by atoms with E-state index in [1.807, 2.05) is 13.8 Å². The molecule has 0 saturated heterocycles. The van der Waals surface area contributed by atoms with Crippen LogP contribution in [0.5, 0.6) is 0 Å². The van der Waals surface area contributed by atoms with Gasteiger partial charge in [-0.3, -0.25) is 4.79 Å². The van der Waals surface area contributed by atoms with E-state index in [4.69, 9.17) is 10.2 Å². The van der Waals surface area contributed by atoms with E-state index in [-0.39, 0.29) is 24.4 Å². The maximum atomic E-state index is 9.93. The van der Waals surface area contributed by atoms with E-state index >= 15 is 0 Å². The van der Waals surface area contributed by atoms with Crippen LogP contribution in [0.25, 0.3) is 0 Å². The Morgan fingerprint density at radius 3 is 1.54 bits per heavy atom. The van der Waals surface area contributed by atoms with Gasteiger partial charge in [-0.15, -0.1) is 12.4 Å². The SMILES string of the molecule is CCC(C)C(=O)O.CCC(C)O.Cl. The van der Waals surface area contributed by atoms with Crippen LogP contribution in [0.2, 0.25) is 0 Å². The summed E-state index contributed by atoms with van der Waals surface area (Å²) in [5.41, 5.74) is 0. The normalized spacial score (nSPS) is 13.0. The van der Waals surface area contributed by atoms with Crippen molar-refractivity contribution in [3.05, 3.63) is 0 Å². The van der Waals surface area contributed by atoms with Gasteiger partial charge in [0.15, 0.2) is 0 Å². The molecule has 4 heteroatoms. The van der Waals surface area contributed by atoms with Gasteiger partial charge >= 0.3 is 5.97 Å². The van der Waals surface area contributed by atoms with Gasteiger partial charge in [-0.25, -0.2) is 0 Å². The number of halogens is 1. The van der Waals surface area contributed by atoms with Crippen molar-refractivity contribution in [3.63, 3.8) is 0 Å². The van der Waals surface area contributed by atoms with Gasteiger partial charge in [0.1, 0.15) is 0 Å². The lowest BCUT2D eigenvalue weighted by atomic mass is 10.1. The van der Waals surface area contributed by atoms with Crippen molar-refractivity contribution in [1.82, 2.24) is 0 Å². The fourth-order valence-corrected chi connectivity index (χ4v) is 0.175. The highest BCUT2D eigenvalue weighted by Crippen LogP contribution is 1.97. The Kier molecular flexibility index (Phi) is 16.7. The fourth-order valence-electron chi connectivity index (χ4n) is 0.175. The summed E-state index contributed by atoms with van der Waals surface area (Å²) in [5.74, 6) is -0.887.